The Labute approximate surface area is 151 Å². The minimum absolute atomic E-state index is 0.00355. The van der Waals surface area contributed by atoms with Gasteiger partial charge in [0.25, 0.3) is 6.08 Å². The lowest BCUT2D eigenvalue weighted by atomic mass is 9.97. The second-order valence-electron chi connectivity index (χ2n) is 6.14. The second kappa shape index (κ2) is 7.47. The maximum absolute atomic E-state index is 14.5. The van der Waals surface area contributed by atoms with E-state index in [0.717, 1.165) is 24.1 Å². The standard InChI is InChI=1S/C21H14F6/c1-2-3-11-4-5-14(16(22)6-11)12-7-13-9-17(23)15(10-19(25)26)21(27)20(13)18(24)8-12/h4-10H,2-3H2,1H3. The second-order valence-corrected chi connectivity index (χ2v) is 6.14. The monoisotopic (exact) mass is 380 g/mol. The fourth-order valence-corrected chi connectivity index (χ4v) is 3.06. The van der Waals surface area contributed by atoms with Gasteiger partial charge in [0.15, 0.2) is 0 Å². The maximum atomic E-state index is 14.5. The summed E-state index contributed by atoms with van der Waals surface area (Å²) in [4.78, 5) is 0. The van der Waals surface area contributed by atoms with Gasteiger partial charge in [-0.3, -0.25) is 0 Å². The number of aryl methyl sites for hydroxylation is 1. The Kier molecular flexibility index (Phi) is 5.26. The molecule has 0 atom stereocenters. The molecule has 0 aliphatic rings. The van der Waals surface area contributed by atoms with Crippen LogP contribution in [0.5, 0.6) is 0 Å². The van der Waals surface area contributed by atoms with E-state index in [4.69, 9.17) is 0 Å². The van der Waals surface area contributed by atoms with Crippen LogP contribution in [0.2, 0.25) is 0 Å². The molecule has 0 bridgehead atoms. The van der Waals surface area contributed by atoms with Gasteiger partial charge in [-0.25, -0.2) is 17.6 Å². The Bertz CT molecular complexity index is 1050. The van der Waals surface area contributed by atoms with Gasteiger partial charge in [0, 0.05) is 11.6 Å². The van der Waals surface area contributed by atoms with Crippen molar-refractivity contribution in [1.82, 2.24) is 0 Å². The smallest absolute Gasteiger partial charge is 0.206 e. The Morgan fingerprint density at radius 2 is 1.63 bits per heavy atom. The van der Waals surface area contributed by atoms with E-state index in [2.05, 4.69) is 0 Å². The lowest BCUT2D eigenvalue weighted by molar-refractivity contribution is 0.428. The normalized spacial score (nSPS) is 11.1. The van der Waals surface area contributed by atoms with Crippen LogP contribution in [-0.4, -0.2) is 0 Å². The minimum atomic E-state index is -2.31. The first-order chi connectivity index (χ1) is 12.8. The van der Waals surface area contributed by atoms with Gasteiger partial charge >= 0.3 is 0 Å². The van der Waals surface area contributed by atoms with E-state index in [9.17, 15) is 26.3 Å². The molecule has 140 valence electrons. The zero-order valence-electron chi connectivity index (χ0n) is 14.2. The van der Waals surface area contributed by atoms with Gasteiger partial charge in [-0.15, -0.1) is 0 Å². The number of halogens is 6. The van der Waals surface area contributed by atoms with Gasteiger partial charge < -0.3 is 0 Å². The summed E-state index contributed by atoms with van der Waals surface area (Å²) >= 11 is 0. The zero-order valence-corrected chi connectivity index (χ0v) is 14.2. The average molecular weight is 380 g/mol. The number of rotatable bonds is 4. The Morgan fingerprint density at radius 3 is 2.26 bits per heavy atom. The molecule has 0 spiro atoms. The Morgan fingerprint density at radius 1 is 0.889 bits per heavy atom. The molecule has 3 aromatic rings. The third-order valence-corrected chi connectivity index (χ3v) is 4.25. The largest absolute Gasteiger partial charge is 0.271 e. The van der Waals surface area contributed by atoms with Crippen LogP contribution in [0.3, 0.4) is 0 Å². The van der Waals surface area contributed by atoms with Crippen molar-refractivity contribution in [1.29, 1.82) is 0 Å². The van der Waals surface area contributed by atoms with Crippen molar-refractivity contribution in [2.75, 3.05) is 0 Å². The number of hydrogen-bond acceptors (Lipinski definition) is 0. The topological polar surface area (TPSA) is 0 Å². The van der Waals surface area contributed by atoms with Crippen molar-refractivity contribution in [2.45, 2.75) is 19.8 Å². The van der Waals surface area contributed by atoms with Crippen molar-refractivity contribution in [3.8, 4) is 11.1 Å². The maximum Gasteiger partial charge on any atom is 0.271 e. The molecule has 0 heterocycles. The summed E-state index contributed by atoms with van der Waals surface area (Å²) in [5, 5.41) is -0.816. The first-order valence-corrected chi connectivity index (χ1v) is 8.24. The van der Waals surface area contributed by atoms with Gasteiger partial charge in [-0.05, 0) is 47.2 Å². The molecule has 3 rings (SSSR count). The van der Waals surface area contributed by atoms with E-state index in [1.165, 1.54) is 18.2 Å². The highest BCUT2D eigenvalue weighted by Gasteiger charge is 2.18. The molecule has 27 heavy (non-hydrogen) atoms. The molecule has 0 aromatic heterocycles. The summed E-state index contributed by atoms with van der Waals surface area (Å²) in [5.74, 6) is -4.37. The van der Waals surface area contributed by atoms with Crippen molar-refractivity contribution >= 4 is 16.8 Å². The molecule has 0 N–H and O–H groups in total. The highest BCUT2D eigenvalue weighted by atomic mass is 19.3. The van der Waals surface area contributed by atoms with Crippen LogP contribution in [0.25, 0.3) is 28.0 Å². The van der Waals surface area contributed by atoms with E-state index in [1.807, 2.05) is 6.92 Å². The average Bonchev–Trinajstić information content (AvgIpc) is 2.58. The summed E-state index contributed by atoms with van der Waals surface area (Å²) in [5.41, 5.74) is -0.0689. The summed E-state index contributed by atoms with van der Waals surface area (Å²) in [6, 6.07) is 7.39. The van der Waals surface area contributed by atoms with E-state index in [0.29, 0.717) is 6.42 Å². The first kappa shape index (κ1) is 19.0. The van der Waals surface area contributed by atoms with Crippen LogP contribution >= 0.6 is 0 Å². The fraction of sp³-hybridized carbons (Fsp3) is 0.143. The zero-order chi connectivity index (χ0) is 19.7. The molecule has 0 saturated heterocycles. The molecule has 6 heteroatoms. The van der Waals surface area contributed by atoms with Gasteiger partial charge in [0.1, 0.15) is 23.3 Å². The van der Waals surface area contributed by atoms with Crippen molar-refractivity contribution in [3.63, 3.8) is 0 Å². The Balaban J connectivity index is 2.20. The number of hydrogen-bond donors (Lipinski definition) is 0. The number of benzene rings is 3. The van der Waals surface area contributed by atoms with Gasteiger partial charge in [-0.1, -0.05) is 25.5 Å². The van der Waals surface area contributed by atoms with E-state index < -0.39 is 40.3 Å². The van der Waals surface area contributed by atoms with E-state index in [-0.39, 0.29) is 22.6 Å². The van der Waals surface area contributed by atoms with Crippen molar-refractivity contribution < 1.29 is 26.3 Å². The third-order valence-electron chi connectivity index (χ3n) is 4.25. The summed E-state index contributed by atoms with van der Waals surface area (Å²) in [7, 11) is 0. The Hall–Kier alpha value is -2.76. The van der Waals surface area contributed by atoms with E-state index >= 15 is 0 Å². The minimum Gasteiger partial charge on any atom is -0.206 e. The third kappa shape index (κ3) is 3.70. The van der Waals surface area contributed by atoms with Crippen LogP contribution in [-0.2, 0) is 6.42 Å². The predicted octanol–water partition coefficient (Wildman–Crippen LogP) is 7.25. The number of fused-ring (bicyclic) bond motifs is 1. The van der Waals surface area contributed by atoms with Gasteiger partial charge in [0.2, 0.25) is 0 Å². The van der Waals surface area contributed by atoms with Gasteiger partial charge in [0.05, 0.1) is 10.9 Å². The molecule has 0 unspecified atom stereocenters. The molecule has 0 amide bonds. The molecular formula is C21H14F6. The summed E-state index contributed by atoms with van der Waals surface area (Å²) in [6.45, 7) is 1.95. The first-order valence-electron chi connectivity index (χ1n) is 8.24. The molecule has 0 aliphatic heterocycles. The molecule has 0 nitrogen and oxygen atoms in total. The van der Waals surface area contributed by atoms with Crippen LogP contribution in [0.4, 0.5) is 26.3 Å². The van der Waals surface area contributed by atoms with Crippen LogP contribution in [0, 0.1) is 23.3 Å². The summed E-state index contributed by atoms with van der Waals surface area (Å²) in [6.07, 6.45) is -0.790. The van der Waals surface area contributed by atoms with Gasteiger partial charge in [-0.2, -0.15) is 8.78 Å². The lowest BCUT2D eigenvalue weighted by Gasteiger charge is -2.11. The quantitative estimate of drug-likeness (QED) is 0.418. The molecule has 0 aliphatic carbocycles. The van der Waals surface area contributed by atoms with Crippen LogP contribution in [0.15, 0.2) is 42.5 Å². The fourth-order valence-electron chi connectivity index (χ4n) is 3.06. The lowest BCUT2D eigenvalue weighted by Crippen LogP contribution is -1.96. The molecule has 0 radical (unpaired) electrons. The summed E-state index contributed by atoms with van der Waals surface area (Å²) < 4.78 is 82.0. The highest BCUT2D eigenvalue weighted by Crippen LogP contribution is 2.33. The molecule has 0 saturated carbocycles. The van der Waals surface area contributed by atoms with Crippen molar-refractivity contribution in [2.24, 2.45) is 0 Å². The predicted molar refractivity (Wildman–Crippen MR) is 93.4 cm³/mol. The van der Waals surface area contributed by atoms with Crippen molar-refractivity contribution in [3.05, 3.63) is 76.9 Å². The highest BCUT2D eigenvalue weighted by molar-refractivity contribution is 5.90. The molecule has 0 fully saturated rings. The van der Waals surface area contributed by atoms with E-state index in [1.54, 1.807) is 6.07 Å². The SMILES string of the molecule is CCCc1ccc(-c2cc(F)c3c(F)c(C=C(F)F)c(F)cc3c2)c(F)c1. The van der Waals surface area contributed by atoms with Crippen LogP contribution < -0.4 is 0 Å². The molecular weight excluding hydrogens is 366 g/mol. The van der Waals surface area contributed by atoms with Crippen LogP contribution in [0.1, 0.15) is 24.5 Å². The molecule has 3 aromatic carbocycles.